The van der Waals surface area contributed by atoms with Crippen molar-refractivity contribution in [3.8, 4) is 11.8 Å². The summed E-state index contributed by atoms with van der Waals surface area (Å²) in [4.78, 5) is 9.66. The zero-order valence-corrected chi connectivity index (χ0v) is 18.3. The molecule has 0 radical (unpaired) electrons. The van der Waals surface area contributed by atoms with Crippen LogP contribution in [0.3, 0.4) is 0 Å². The van der Waals surface area contributed by atoms with E-state index in [1.807, 2.05) is 6.07 Å². The van der Waals surface area contributed by atoms with Crippen molar-refractivity contribution in [2.75, 3.05) is 44.7 Å². The molecule has 2 bridgehead atoms. The van der Waals surface area contributed by atoms with Crippen LogP contribution in [0.4, 0.5) is 5.82 Å². The van der Waals surface area contributed by atoms with E-state index in [-0.39, 0.29) is 12.0 Å². The van der Waals surface area contributed by atoms with Gasteiger partial charge >= 0.3 is 0 Å². The first-order valence-corrected chi connectivity index (χ1v) is 11.4. The number of aromatic nitrogens is 1. The van der Waals surface area contributed by atoms with E-state index in [0.717, 1.165) is 68.9 Å². The van der Waals surface area contributed by atoms with E-state index in [4.69, 9.17) is 9.72 Å². The van der Waals surface area contributed by atoms with Gasteiger partial charge in [0.25, 0.3) is 0 Å². The number of methoxy groups -OCH3 is 1. The maximum atomic E-state index is 11.2. The maximum absolute atomic E-state index is 11.2. The number of aliphatic hydroxyl groups is 1. The summed E-state index contributed by atoms with van der Waals surface area (Å²) in [7, 11) is 1.78. The molecule has 2 aromatic rings. The molecule has 1 aromatic carbocycles. The Hall–Kier alpha value is -2.39. The van der Waals surface area contributed by atoms with E-state index in [9.17, 15) is 5.11 Å². The molecule has 5 heteroatoms. The summed E-state index contributed by atoms with van der Waals surface area (Å²) in [6.45, 7) is 4.66. The number of pyridine rings is 1. The number of benzene rings is 1. The van der Waals surface area contributed by atoms with Crippen molar-refractivity contribution in [2.45, 2.75) is 37.4 Å². The van der Waals surface area contributed by atoms with Gasteiger partial charge in [-0.1, -0.05) is 42.2 Å². The minimum atomic E-state index is -0.903. The molecule has 1 aromatic heterocycles. The van der Waals surface area contributed by atoms with Gasteiger partial charge in [-0.2, -0.15) is 0 Å². The Kier molecular flexibility index (Phi) is 5.71. The molecule has 31 heavy (non-hydrogen) atoms. The fourth-order valence-corrected chi connectivity index (χ4v) is 5.19. The SMILES string of the molecule is COC1CCN(c2ccc(C#CC3(O)CN4CCC3CC4)c(Cc3ccccc3)n2)C1. The molecule has 5 nitrogen and oxygen atoms in total. The fourth-order valence-electron chi connectivity index (χ4n) is 5.19. The molecule has 0 spiro atoms. The molecular formula is C26H31N3O2. The fraction of sp³-hybridized carbons (Fsp3) is 0.500. The van der Waals surface area contributed by atoms with Gasteiger partial charge in [0.15, 0.2) is 0 Å². The summed E-state index contributed by atoms with van der Waals surface area (Å²) >= 11 is 0. The second-order valence-electron chi connectivity index (χ2n) is 9.14. The lowest BCUT2D eigenvalue weighted by molar-refractivity contribution is -0.0713. The average molecular weight is 418 g/mol. The van der Waals surface area contributed by atoms with E-state index in [1.165, 1.54) is 5.56 Å². The highest BCUT2D eigenvalue weighted by Gasteiger charge is 2.44. The Balaban J connectivity index is 1.45. The number of hydrogen-bond donors (Lipinski definition) is 1. The molecule has 6 rings (SSSR count). The molecule has 5 heterocycles. The molecule has 0 saturated carbocycles. The van der Waals surface area contributed by atoms with Gasteiger partial charge in [0.1, 0.15) is 11.4 Å². The third-order valence-electron chi connectivity index (χ3n) is 7.12. The average Bonchev–Trinajstić information content (AvgIpc) is 3.29. The van der Waals surface area contributed by atoms with Gasteiger partial charge in [0, 0.05) is 44.6 Å². The van der Waals surface area contributed by atoms with Gasteiger partial charge in [-0.15, -0.1) is 0 Å². The predicted molar refractivity (Wildman–Crippen MR) is 122 cm³/mol. The standard InChI is InChI=1S/C26H31N3O2/c1-31-23-12-16-29(18-23)25-8-7-21(24(27-25)17-20-5-3-2-4-6-20)9-13-26(30)19-28-14-10-22(26)11-15-28/h2-8,22-23,30H,10-12,14-19H2,1H3. The molecule has 162 valence electrons. The van der Waals surface area contributed by atoms with E-state index < -0.39 is 5.60 Å². The summed E-state index contributed by atoms with van der Waals surface area (Å²) in [5, 5.41) is 11.2. The Morgan fingerprint density at radius 2 is 1.90 bits per heavy atom. The number of rotatable bonds is 4. The molecule has 2 atom stereocenters. The second kappa shape index (κ2) is 8.63. The number of fused-ring (bicyclic) bond motifs is 3. The molecule has 4 aliphatic heterocycles. The second-order valence-corrected chi connectivity index (χ2v) is 9.14. The van der Waals surface area contributed by atoms with Gasteiger partial charge in [0.2, 0.25) is 0 Å². The highest BCUT2D eigenvalue weighted by Crippen LogP contribution is 2.35. The minimum absolute atomic E-state index is 0.268. The van der Waals surface area contributed by atoms with Crippen LogP contribution in [0.5, 0.6) is 0 Å². The number of anilines is 1. The summed E-state index contributed by atoms with van der Waals surface area (Å²) in [6, 6.07) is 14.6. The highest BCUT2D eigenvalue weighted by atomic mass is 16.5. The van der Waals surface area contributed by atoms with Crippen LogP contribution in [0.2, 0.25) is 0 Å². The van der Waals surface area contributed by atoms with Crippen LogP contribution in [0, 0.1) is 17.8 Å². The summed E-state index contributed by atoms with van der Waals surface area (Å²) in [6.07, 6.45) is 4.10. The smallest absolute Gasteiger partial charge is 0.141 e. The van der Waals surface area contributed by atoms with Crippen LogP contribution in [0.1, 0.15) is 36.1 Å². The lowest BCUT2D eigenvalue weighted by Gasteiger charge is -2.47. The van der Waals surface area contributed by atoms with Gasteiger partial charge in [-0.25, -0.2) is 4.98 Å². The summed E-state index contributed by atoms with van der Waals surface area (Å²) in [5.74, 6) is 7.87. The maximum Gasteiger partial charge on any atom is 0.141 e. The van der Waals surface area contributed by atoms with Crippen molar-refractivity contribution in [3.63, 3.8) is 0 Å². The molecule has 4 saturated heterocycles. The molecule has 0 aliphatic carbocycles. The number of nitrogens with zero attached hydrogens (tertiary/aromatic N) is 3. The van der Waals surface area contributed by atoms with Crippen molar-refractivity contribution in [1.29, 1.82) is 0 Å². The van der Waals surface area contributed by atoms with Crippen LogP contribution in [-0.2, 0) is 11.2 Å². The first kappa shape index (κ1) is 20.5. The van der Waals surface area contributed by atoms with E-state index in [2.05, 4.69) is 58.0 Å². The van der Waals surface area contributed by atoms with Crippen molar-refractivity contribution >= 4 is 5.82 Å². The zero-order chi connectivity index (χ0) is 21.3. The molecule has 2 unspecified atom stereocenters. The molecular weight excluding hydrogens is 386 g/mol. The summed E-state index contributed by atoms with van der Waals surface area (Å²) in [5.41, 5.74) is 2.20. The topological polar surface area (TPSA) is 48.8 Å². The van der Waals surface area contributed by atoms with Crippen molar-refractivity contribution in [3.05, 3.63) is 59.3 Å². The predicted octanol–water partition coefficient (Wildman–Crippen LogP) is 2.71. The van der Waals surface area contributed by atoms with Crippen LogP contribution in [-0.4, -0.2) is 66.5 Å². The first-order chi connectivity index (χ1) is 15.1. The number of hydrogen-bond acceptors (Lipinski definition) is 5. The Labute approximate surface area is 185 Å². The lowest BCUT2D eigenvalue weighted by Crippen LogP contribution is -2.58. The zero-order valence-electron chi connectivity index (χ0n) is 18.3. The minimum Gasteiger partial charge on any atom is -0.380 e. The highest BCUT2D eigenvalue weighted by molar-refractivity contribution is 5.50. The van der Waals surface area contributed by atoms with Crippen LogP contribution >= 0.6 is 0 Å². The third kappa shape index (κ3) is 4.34. The van der Waals surface area contributed by atoms with Crippen LogP contribution in [0.25, 0.3) is 0 Å². The van der Waals surface area contributed by atoms with Gasteiger partial charge in [-0.05, 0) is 50.0 Å². The molecule has 4 fully saturated rings. The lowest BCUT2D eigenvalue weighted by atomic mass is 9.75. The molecule has 1 N–H and O–H groups in total. The summed E-state index contributed by atoms with van der Waals surface area (Å²) < 4.78 is 5.53. The van der Waals surface area contributed by atoms with Gasteiger partial charge in [-0.3, -0.25) is 4.90 Å². The number of piperidine rings is 3. The monoisotopic (exact) mass is 417 g/mol. The van der Waals surface area contributed by atoms with Crippen LogP contribution < -0.4 is 4.90 Å². The number of ether oxygens (including phenoxy) is 1. The Morgan fingerprint density at radius 3 is 2.58 bits per heavy atom. The van der Waals surface area contributed by atoms with Gasteiger partial charge < -0.3 is 14.7 Å². The molecule has 4 aliphatic rings. The normalized spacial score (nSPS) is 29.6. The van der Waals surface area contributed by atoms with Crippen molar-refractivity contribution in [2.24, 2.45) is 5.92 Å². The largest absolute Gasteiger partial charge is 0.380 e. The van der Waals surface area contributed by atoms with Gasteiger partial charge in [0.05, 0.1) is 11.8 Å². The van der Waals surface area contributed by atoms with Crippen molar-refractivity contribution in [1.82, 2.24) is 9.88 Å². The van der Waals surface area contributed by atoms with Crippen molar-refractivity contribution < 1.29 is 9.84 Å². The Morgan fingerprint density at radius 1 is 1.10 bits per heavy atom. The Bertz CT molecular complexity index is 975. The van der Waals surface area contributed by atoms with E-state index >= 15 is 0 Å². The molecule has 0 amide bonds. The third-order valence-corrected chi connectivity index (χ3v) is 7.12. The van der Waals surface area contributed by atoms with E-state index in [1.54, 1.807) is 7.11 Å². The van der Waals surface area contributed by atoms with E-state index in [0.29, 0.717) is 6.54 Å². The first-order valence-electron chi connectivity index (χ1n) is 11.4. The quantitative estimate of drug-likeness (QED) is 0.776. The van der Waals surface area contributed by atoms with Crippen LogP contribution in [0.15, 0.2) is 42.5 Å².